The molecule has 0 spiro atoms. The molecule has 160 valence electrons. The molecule has 1 aliphatic carbocycles. The number of nitrogens with zero attached hydrogens (tertiary/aromatic N) is 3. The fourth-order valence-corrected chi connectivity index (χ4v) is 4.54. The van der Waals surface area contributed by atoms with E-state index in [1.54, 1.807) is 25.1 Å². The summed E-state index contributed by atoms with van der Waals surface area (Å²) in [6.45, 7) is 2.93. The maximum absolute atomic E-state index is 12.8. The molecule has 0 unspecified atom stereocenters. The van der Waals surface area contributed by atoms with Gasteiger partial charge in [0.25, 0.3) is 0 Å². The Morgan fingerprint density at radius 3 is 2.34 bits per heavy atom. The van der Waals surface area contributed by atoms with Crippen molar-refractivity contribution in [1.29, 1.82) is 0 Å². The van der Waals surface area contributed by atoms with Gasteiger partial charge in [-0.25, -0.2) is 4.79 Å². The Morgan fingerprint density at radius 2 is 1.72 bits per heavy atom. The first-order valence-electron chi connectivity index (χ1n) is 10.3. The molecule has 1 saturated carbocycles. The zero-order valence-corrected chi connectivity index (χ0v) is 18.7. The molecule has 1 N–H and O–H groups in total. The lowest BCUT2D eigenvalue weighted by Gasteiger charge is -2.37. The van der Waals surface area contributed by atoms with Gasteiger partial charge in [0, 0.05) is 52.7 Å². The van der Waals surface area contributed by atoms with E-state index in [0.29, 0.717) is 35.5 Å². The van der Waals surface area contributed by atoms with Crippen LogP contribution in [0.5, 0.6) is 0 Å². The number of hydrogen-bond donors (Lipinski definition) is 1. The number of hydrogen-bond acceptors (Lipinski definition) is 3. The van der Waals surface area contributed by atoms with Gasteiger partial charge in [-0.3, -0.25) is 4.79 Å². The van der Waals surface area contributed by atoms with Crippen LogP contribution in [-0.4, -0.2) is 68.1 Å². The van der Waals surface area contributed by atoms with Crippen molar-refractivity contribution in [3.05, 3.63) is 28.2 Å². The highest BCUT2D eigenvalue weighted by Gasteiger charge is 2.28. The molecule has 2 aliphatic rings. The summed E-state index contributed by atoms with van der Waals surface area (Å²) in [6.07, 6.45) is 4.47. The lowest BCUT2D eigenvalue weighted by molar-refractivity contribution is -0.132. The predicted molar refractivity (Wildman–Crippen MR) is 118 cm³/mol. The number of piperazine rings is 1. The normalized spacial score (nSPS) is 22.3. The van der Waals surface area contributed by atoms with E-state index in [1.165, 1.54) is 0 Å². The average Bonchev–Trinajstić information content (AvgIpc) is 2.71. The van der Waals surface area contributed by atoms with E-state index in [1.807, 2.05) is 17.0 Å². The second kappa shape index (κ2) is 9.90. The first kappa shape index (κ1) is 22.0. The van der Waals surface area contributed by atoms with E-state index < -0.39 is 0 Å². The summed E-state index contributed by atoms with van der Waals surface area (Å²) in [5.41, 5.74) is 0.935. The lowest BCUT2D eigenvalue weighted by atomic mass is 9.84. The summed E-state index contributed by atoms with van der Waals surface area (Å²) in [4.78, 5) is 30.3. The van der Waals surface area contributed by atoms with Crippen LogP contribution in [0, 0.1) is 5.92 Å². The largest absolute Gasteiger partial charge is 0.367 e. The fourth-order valence-electron chi connectivity index (χ4n) is 4.12. The molecule has 1 aliphatic heterocycles. The molecule has 1 aromatic carbocycles. The molecule has 29 heavy (non-hydrogen) atoms. The Balaban J connectivity index is 1.42. The molecule has 0 atom stereocenters. The molecular weight excluding hydrogens is 411 g/mol. The molecule has 0 bridgehead atoms. The molecule has 3 amide bonds. The minimum absolute atomic E-state index is 0.0396. The minimum Gasteiger partial charge on any atom is -0.367 e. The van der Waals surface area contributed by atoms with Crippen LogP contribution in [0.3, 0.4) is 0 Å². The second-order valence-corrected chi connectivity index (χ2v) is 8.99. The van der Waals surface area contributed by atoms with E-state index in [-0.39, 0.29) is 18.0 Å². The third kappa shape index (κ3) is 5.70. The summed E-state index contributed by atoms with van der Waals surface area (Å²) >= 11 is 12.5. The van der Waals surface area contributed by atoms with Gasteiger partial charge in [-0.15, -0.1) is 0 Å². The molecule has 0 aromatic heterocycles. The van der Waals surface area contributed by atoms with Crippen LogP contribution in [-0.2, 0) is 4.79 Å². The van der Waals surface area contributed by atoms with Crippen molar-refractivity contribution in [2.45, 2.75) is 38.1 Å². The van der Waals surface area contributed by atoms with Crippen LogP contribution in [0.2, 0.25) is 10.0 Å². The molecule has 1 aromatic rings. The molecule has 1 heterocycles. The minimum atomic E-state index is -0.0396. The highest BCUT2D eigenvalue weighted by molar-refractivity contribution is 6.43. The molecular formula is C21H30Cl2N4O2. The standard InChI is InChI=1S/C21H30Cl2N4O2/c1-25(2)21(29)24-16-8-6-15(7-9-16)14-19(28)27-12-10-26(11-13-27)18-5-3-4-17(22)20(18)23/h3-5,15-16H,6-14H2,1-2H3,(H,24,29)/t15-,16-. The topological polar surface area (TPSA) is 55.9 Å². The first-order valence-corrected chi connectivity index (χ1v) is 11.0. The highest BCUT2D eigenvalue weighted by Crippen LogP contribution is 2.33. The van der Waals surface area contributed by atoms with Crippen LogP contribution < -0.4 is 10.2 Å². The number of rotatable bonds is 4. The maximum atomic E-state index is 12.8. The van der Waals surface area contributed by atoms with Gasteiger partial charge in [-0.2, -0.15) is 0 Å². The molecule has 0 radical (unpaired) electrons. The number of anilines is 1. The number of carbonyl (C=O) groups is 2. The van der Waals surface area contributed by atoms with Crippen molar-refractivity contribution >= 4 is 40.8 Å². The summed E-state index contributed by atoms with van der Waals surface area (Å²) in [7, 11) is 3.50. The van der Waals surface area contributed by atoms with E-state index >= 15 is 0 Å². The Hall–Kier alpha value is -1.66. The van der Waals surface area contributed by atoms with Gasteiger partial charge in [0.05, 0.1) is 15.7 Å². The van der Waals surface area contributed by atoms with E-state index in [9.17, 15) is 9.59 Å². The van der Waals surface area contributed by atoms with Crippen molar-refractivity contribution in [3.63, 3.8) is 0 Å². The number of amides is 3. The second-order valence-electron chi connectivity index (χ2n) is 8.21. The van der Waals surface area contributed by atoms with Crippen molar-refractivity contribution < 1.29 is 9.59 Å². The van der Waals surface area contributed by atoms with Gasteiger partial charge >= 0.3 is 6.03 Å². The van der Waals surface area contributed by atoms with E-state index in [4.69, 9.17) is 23.2 Å². The molecule has 2 fully saturated rings. The van der Waals surface area contributed by atoms with Crippen molar-refractivity contribution in [1.82, 2.24) is 15.1 Å². The van der Waals surface area contributed by atoms with Gasteiger partial charge in [0.2, 0.25) is 5.91 Å². The number of benzene rings is 1. The number of carbonyl (C=O) groups excluding carboxylic acids is 2. The monoisotopic (exact) mass is 440 g/mol. The molecule has 8 heteroatoms. The molecule has 1 saturated heterocycles. The van der Waals surface area contributed by atoms with Crippen molar-refractivity contribution in [3.8, 4) is 0 Å². The smallest absolute Gasteiger partial charge is 0.317 e. The zero-order valence-electron chi connectivity index (χ0n) is 17.2. The van der Waals surface area contributed by atoms with Crippen LogP contribution in [0.15, 0.2) is 18.2 Å². The highest BCUT2D eigenvalue weighted by atomic mass is 35.5. The average molecular weight is 441 g/mol. The van der Waals surface area contributed by atoms with Gasteiger partial charge in [0.15, 0.2) is 0 Å². The first-order chi connectivity index (χ1) is 13.8. The Bertz CT molecular complexity index is 727. The van der Waals surface area contributed by atoms with Crippen LogP contribution in [0.25, 0.3) is 0 Å². The van der Waals surface area contributed by atoms with E-state index in [0.717, 1.165) is 44.5 Å². The van der Waals surface area contributed by atoms with Gasteiger partial charge in [-0.1, -0.05) is 29.3 Å². The summed E-state index contributed by atoms with van der Waals surface area (Å²) in [5, 5.41) is 4.18. The Kier molecular flexibility index (Phi) is 7.52. The molecule has 3 rings (SSSR count). The quantitative estimate of drug-likeness (QED) is 0.772. The number of halogens is 2. The third-order valence-electron chi connectivity index (χ3n) is 5.95. The molecule has 6 nitrogen and oxygen atoms in total. The fraction of sp³-hybridized carbons (Fsp3) is 0.619. The van der Waals surface area contributed by atoms with Gasteiger partial charge in [-0.05, 0) is 43.7 Å². The van der Waals surface area contributed by atoms with Crippen LogP contribution >= 0.6 is 23.2 Å². The summed E-state index contributed by atoms with van der Waals surface area (Å²) < 4.78 is 0. The Labute approximate surface area is 183 Å². The maximum Gasteiger partial charge on any atom is 0.317 e. The third-order valence-corrected chi connectivity index (χ3v) is 6.76. The van der Waals surface area contributed by atoms with Crippen molar-refractivity contribution in [2.75, 3.05) is 45.2 Å². The SMILES string of the molecule is CN(C)C(=O)N[C@H]1CC[C@H](CC(=O)N2CCN(c3cccc(Cl)c3Cl)CC2)CC1. The predicted octanol–water partition coefficient (Wildman–Crippen LogP) is 3.86. The van der Waals surface area contributed by atoms with Gasteiger partial charge < -0.3 is 20.0 Å². The summed E-state index contributed by atoms with van der Waals surface area (Å²) in [5.74, 6) is 0.651. The summed E-state index contributed by atoms with van der Waals surface area (Å²) in [6, 6.07) is 5.84. The number of urea groups is 1. The Morgan fingerprint density at radius 1 is 1.07 bits per heavy atom. The zero-order chi connectivity index (χ0) is 21.0. The van der Waals surface area contributed by atoms with Crippen molar-refractivity contribution in [2.24, 2.45) is 5.92 Å². The lowest BCUT2D eigenvalue weighted by Crippen LogP contribution is -2.49. The van der Waals surface area contributed by atoms with Crippen LogP contribution in [0.1, 0.15) is 32.1 Å². The van der Waals surface area contributed by atoms with Crippen LogP contribution in [0.4, 0.5) is 10.5 Å². The van der Waals surface area contributed by atoms with E-state index in [2.05, 4.69) is 10.2 Å². The van der Waals surface area contributed by atoms with Gasteiger partial charge in [0.1, 0.15) is 0 Å². The number of nitrogens with one attached hydrogen (secondary N) is 1.